The van der Waals surface area contributed by atoms with E-state index in [2.05, 4.69) is 13.8 Å². The number of nitrogens with two attached hydrogens (primary N) is 1. The zero-order valence-corrected chi connectivity index (χ0v) is 8.84. The van der Waals surface area contributed by atoms with E-state index in [4.69, 9.17) is 10.5 Å². The van der Waals surface area contributed by atoms with Crippen molar-refractivity contribution in [3.05, 3.63) is 0 Å². The summed E-state index contributed by atoms with van der Waals surface area (Å²) in [5.74, 6) is 0.663. The summed E-state index contributed by atoms with van der Waals surface area (Å²) in [5.41, 5.74) is 5.67. The van der Waals surface area contributed by atoms with E-state index in [1.54, 1.807) is 0 Å². The summed E-state index contributed by atoms with van der Waals surface area (Å²) in [5, 5.41) is 0. The molecule has 3 unspecified atom stereocenters. The molecule has 0 bridgehead atoms. The Labute approximate surface area is 76.5 Å². The molecule has 0 aliphatic heterocycles. The smallest absolute Gasteiger partial charge is 0.0695 e. The molecule has 0 amide bonds. The molecule has 0 rings (SSSR count). The molecule has 0 aliphatic rings. The Morgan fingerprint density at radius 1 is 1.25 bits per heavy atom. The minimum atomic E-state index is 0.138. The molecule has 0 aromatic carbocycles. The molecular weight excluding hydrogens is 150 g/mol. The second kappa shape index (κ2) is 6.44. The van der Waals surface area contributed by atoms with Crippen LogP contribution in [0.2, 0.25) is 0 Å². The zero-order valence-electron chi connectivity index (χ0n) is 8.84. The normalized spacial score (nSPS) is 18.8. The fraction of sp³-hybridized carbons (Fsp3) is 1.00. The molecule has 0 fully saturated rings. The Bertz CT molecular complexity index is 104. The number of rotatable bonds is 6. The molecule has 2 heteroatoms. The van der Waals surface area contributed by atoms with Crippen molar-refractivity contribution in [2.75, 3.05) is 6.61 Å². The Hall–Kier alpha value is -0.0800. The minimum Gasteiger partial charge on any atom is -0.377 e. The quantitative estimate of drug-likeness (QED) is 0.668. The van der Waals surface area contributed by atoms with Crippen LogP contribution in [-0.2, 0) is 4.74 Å². The lowest BCUT2D eigenvalue weighted by Gasteiger charge is -2.19. The minimum absolute atomic E-state index is 0.138. The molecule has 3 atom stereocenters. The van der Waals surface area contributed by atoms with Crippen molar-refractivity contribution in [2.45, 2.75) is 52.7 Å². The standard InChI is InChI=1S/C10H23NO/c1-5-6-8(2)7-12-10(4)9(3)11/h8-10H,5-7,11H2,1-4H3. The maximum Gasteiger partial charge on any atom is 0.0695 e. The average Bonchev–Trinajstić information content (AvgIpc) is 2.00. The summed E-state index contributed by atoms with van der Waals surface area (Å²) in [4.78, 5) is 0. The molecule has 12 heavy (non-hydrogen) atoms. The van der Waals surface area contributed by atoms with Crippen molar-refractivity contribution >= 4 is 0 Å². The Balaban J connectivity index is 3.40. The predicted molar refractivity (Wildman–Crippen MR) is 53.1 cm³/mol. The van der Waals surface area contributed by atoms with Gasteiger partial charge in [-0.15, -0.1) is 0 Å². The van der Waals surface area contributed by atoms with Crippen molar-refractivity contribution in [3.63, 3.8) is 0 Å². The lowest BCUT2D eigenvalue weighted by Crippen LogP contribution is -2.32. The number of hydrogen-bond donors (Lipinski definition) is 1. The number of ether oxygens (including phenoxy) is 1. The van der Waals surface area contributed by atoms with E-state index in [-0.39, 0.29) is 12.1 Å². The third-order valence-corrected chi connectivity index (χ3v) is 2.17. The lowest BCUT2D eigenvalue weighted by atomic mass is 10.1. The van der Waals surface area contributed by atoms with Crippen molar-refractivity contribution in [1.82, 2.24) is 0 Å². The van der Waals surface area contributed by atoms with Gasteiger partial charge in [0.15, 0.2) is 0 Å². The Morgan fingerprint density at radius 3 is 2.25 bits per heavy atom. The summed E-state index contributed by atoms with van der Waals surface area (Å²) in [6.45, 7) is 9.28. The molecule has 2 N–H and O–H groups in total. The van der Waals surface area contributed by atoms with Crippen molar-refractivity contribution in [2.24, 2.45) is 11.7 Å². The van der Waals surface area contributed by atoms with E-state index in [0.29, 0.717) is 5.92 Å². The van der Waals surface area contributed by atoms with Crippen LogP contribution in [0.4, 0.5) is 0 Å². The highest BCUT2D eigenvalue weighted by Crippen LogP contribution is 2.07. The van der Waals surface area contributed by atoms with Gasteiger partial charge in [0, 0.05) is 12.6 Å². The van der Waals surface area contributed by atoms with Gasteiger partial charge in [0.2, 0.25) is 0 Å². The van der Waals surface area contributed by atoms with Crippen LogP contribution in [0.1, 0.15) is 40.5 Å². The zero-order chi connectivity index (χ0) is 9.56. The topological polar surface area (TPSA) is 35.2 Å². The molecule has 2 nitrogen and oxygen atoms in total. The van der Waals surface area contributed by atoms with E-state index >= 15 is 0 Å². The predicted octanol–water partition coefficient (Wildman–Crippen LogP) is 2.17. The molecule has 0 aromatic heterocycles. The highest BCUT2D eigenvalue weighted by atomic mass is 16.5. The summed E-state index contributed by atoms with van der Waals surface area (Å²) in [6, 6.07) is 0.138. The summed E-state index contributed by atoms with van der Waals surface area (Å²) in [6.07, 6.45) is 2.66. The molecule has 0 heterocycles. The van der Waals surface area contributed by atoms with Crippen LogP contribution in [0.5, 0.6) is 0 Å². The largest absolute Gasteiger partial charge is 0.377 e. The molecule has 0 spiro atoms. The molecule has 0 saturated carbocycles. The van der Waals surface area contributed by atoms with Crippen LogP contribution in [0, 0.1) is 5.92 Å². The SMILES string of the molecule is CCCC(C)COC(C)C(C)N. The van der Waals surface area contributed by atoms with Crippen LogP contribution in [0.25, 0.3) is 0 Å². The van der Waals surface area contributed by atoms with Crippen molar-refractivity contribution in [3.8, 4) is 0 Å². The molecule has 74 valence electrons. The van der Waals surface area contributed by atoms with E-state index in [1.807, 2.05) is 13.8 Å². The van der Waals surface area contributed by atoms with Crippen LogP contribution < -0.4 is 5.73 Å². The summed E-state index contributed by atoms with van der Waals surface area (Å²) < 4.78 is 5.59. The van der Waals surface area contributed by atoms with Crippen LogP contribution in [-0.4, -0.2) is 18.8 Å². The van der Waals surface area contributed by atoms with Gasteiger partial charge in [-0.25, -0.2) is 0 Å². The van der Waals surface area contributed by atoms with E-state index in [1.165, 1.54) is 12.8 Å². The summed E-state index contributed by atoms with van der Waals surface area (Å²) in [7, 11) is 0. The molecule has 0 aliphatic carbocycles. The fourth-order valence-corrected chi connectivity index (χ4v) is 1.04. The monoisotopic (exact) mass is 173 g/mol. The third-order valence-electron chi connectivity index (χ3n) is 2.17. The van der Waals surface area contributed by atoms with Gasteiger partial charge in [0.1, 0.15) is 0 Å². The lowest BCUT2D eigenvalue weighted by molar-refractivity contribution is 0.0302. The highest BCUT2D eigenvalue weighted by Gasteiger charge is 2.09. The van der Waals surface area contributed by atoms with E-state index in [9.17, 15) is 0 Å². The van der Waals surface area contributed by atoms with E-state index < -0.39 is 0 Å². The second-order valence-corrected chi connectivity index (χ2v) is 3.79. The first-order chi connectivity index (χ1) is 5.57. The summed E-state index contributed by atoms with van der Waals surface area (Å²) >= 11 is 0. The average molecular weight is 173 g/mol. The van der Waals surface area contributed by atoms with Gasteiger partial charge in [-0.05, 0) is 26.2 Å². The maximum absolute atomic E-state index is 5.67. The first kappa shape index (κ1) is 11.9. The van der Waals surface area contributed by atoms with Gasteiger partial charge in [0.25, 0.3) is 0 Å². The van der Waals surface area contributed by atoms with Crippen LogP contribution in [0.3, 0.4) is 0 Å². The first-order valence-corrected chi connectivity index (χ1v) is 4.95. The maximum atomic E-state index is 5.67. The molecular formula is C10H23NO. The molecule has 0 radical (unpaired) electrons. The van der Waals surface area contributed by atoms with Gasteiger partial charge < -0.3 is 10.5 Å². The van der Waals surface area contributed by atoms with Gasteiger partial charge in [0.05, 0.1) is 6.10 Å². The van der Waals surface area contributed by atoms with Crippen molar-refractivity contribution < 1.29 is 4.74 Å². The second-order valence-electron chi connectivity index (χ2n) is 3.79. The molecule has 0 saturated heterocycles. The van der Waals surface area contributed by atoms with E-state index in [0.717, 1.165) is 6.61 Å². The van der Waals surface area contributed by atoms with Gasteiger partial charge >= 0.3 is 0 Å². The van der Waals surface area contributed by atoms with Crippen LogP contribution >= 0.6 is 0 Å². The first-order valence-electron chi connectivity index (χ1n) is 4.95. The van der Waals surface area contributed by atoms with Gasteiger partial charge in [-0.1, -0.05) is 20.3 Å². The third kappa shape index (κ3) is 5.56. The fourth-order valence-electron chi connectivity index (χ4n) is 1.04. The Morgan fingerprint density at radius 2 is 1.83 bits per heavy atom. The number of hydrogen-bond acceptors (Lipinski definition) is 2. The highest BCUT2D eigenvalue weighted by molar-refractivity contribution is 4.63. The van der Waals surface area contributed by atoms with Crippen molar-refractivity contribution in [1.29, 1.82) is 0 Å². The van der Waals surface area contributed by atoms with Crippen LogP contribution in [0.15, 0.2) is 0 Å². The Kier molecular flexibility index (Phi) is 6.39. The van der Waals surface area contributed by atoms with Gasteiger partial charge in [-0.3, -0.25) is 0 Å². The molecule has 0 aromatic rings. The van der Waals surface area contributed by atoms with Gasteiger partial charge in [-0.2, -0.15) is 0 Å².